The van der Waals surface area contributed by atoms with E-state index in [1.54, 1.807) is 0 Å². The number of para-hydroxylation sites is 1. The molecule has 5 nitrogen and oxygen atoms in total. The summed E-state index contributed by atoms with van der Waals surface area (Å²) in [6.45, 7) is 0.476. The van der Waals surface area contributed by atoms with E-state index < -0.39 is 4.92 Å². The van der Waals surface area contributed by atoms with Crippen molar-refractivity contribution in [1.82, 2.24) is 0 Å². The number of nitro groups is 1. The lowest BCUT2D eigenvalue weighted by atomic mass is 10.3. The predicted molar refractivity (Wildman–Crippen MR) is 75.5 cm³/mol. The first-order valence-corrected chi connectivity index (χ1v) is 6.29. The standard InChI is InChI=1S/C14H12ClNO4/c15-11-6-7-13(16(17)18)14(10-11)20-9-8-19-12-4-2-1-3-5-12/h1-7,10H,8-9H2. The van der Waals surface area contributed by atoms with E-state index in [0.29, 0.717) is 5.02 Å². The highest BCUT2D eigenvalue weighted by molar-refractivity contribution is 6.30. The molecule has 0 amide bonds. The molecule has 0 atom stereocenters. The summed E-state index contributed by atoms with van der Waals surface area (Å²) in [5.74, 6) is 0.857. The normalized spacial score (nSPS) is 10.1. The van der Waals surface area contributed by atoms with Gasteiger partial charge in [-0.2, -0.15) is 0 Å². The van der Waals surface area contributed by atoms with Crippen molar-refractivity contribution in [2.75, 3.05) is 13.2 Å². The first kappa shape index (κ1) is 14.1. The Kier molecular flexibility index (Phi) is 4.79. The molecule has 104 valence electrons. The van der Waals surface area contributed by atoms with Gasteiger partial charge in [0.15, 0.2) is 5.75 Å². The number of hydrogen-bond donors (Lipinski definition) is 0. The Labute approximate surface area is 120 Å². The second-order valence-electron chi connectivity index (χ2n) is 3.88. The van der Waals surface area contributed by atoms with Gasteiger partial charge in [0.2, 0.25) is 0 Å². The summed E-state index contributed by atoms with van der Waals surface area (Å²) >= 11 is 5.80. The van der Waals surface area contributed by atoms with Crippen LogP contribution in [0.25, 0.3) is 0 Å². The van der Waals surface area contributed by atoms with Gasteiger partial charge < -0.3 is 9.47 Å². The van der Waals surface area contributed by atoms with Gasteiger partial charge >= 0.3 is 5.69 Å². The van der Waals surface area contributed by atoms with Gasteiger partial charge in [0, 0.05) is 17.2 Å². The summed E-state index contributed by atoms with van der Waals surface area (Å²) in [5, 5.41) is 11.2. The van der Waals surface area contributed by atoms with E-state index in [1.165, 1.54) is 18.2 Å². The second kappa shape index (κ2) is 6.77. The van der Waals surface area contributed by atoms with E-state index in [1.807, 2.05) is 30.3 Å². The van der Waals surface area contributed by atoms with Gasteiger partial charge in [-0.3, -0.25) is 10.1 Å². The predicted octanol–water partition coefficient (Wildman–Crippen LogP) is 3.71. The molecular formula is C14H12ClNO4. The van der Waals surface area contributed by atoms with E-state index >= 15 is 0 Å². The van der Waals surface area contributed by atoms with Crippen LogP contribution in [0.5, 0.6) is 11.5 Å². The number of benzene rings is 2. The number of ether oxygens (including phenoxy) is 2. The van der Waals surface area contributed by atoms with Crippen molar-refractivity contribution < 1.29 is 14.4 Å². The van der Waals surface area contributed by atoms with Crippen LogP contribution in [0.4, 0.5) is 5.69 Å². The molecule has 0 unspecified atom stereocenters. The third-order valence-corrected chi connectivity index (χ3v) is 2.71. The molecule has 0 aliphatic rings. The molecule has 2 aromatic rings. The number of halogens is 1. The summed E-state index contributed by atoms with van der Waals surface area (Å²) < 4.78 is 10.8. The van der Waals surface area contributed by atoms with Gasteiger partial charge in [-0.25, -0.2) is 0 Å². The van der Waals surface area contributed by atoms with Crippen molar-refractivity contribution >= 4 is 17.3 Å². The van der Waals surface area contributed by atoms with Crippen molar-refractivity contribution in [3.63, 3.8) is 0 Å². The molecule has 0 N–H and O–H groups in total. The van der Waals surface area contributed by atoms with Crippen LogP contribution < -0.4 is 9.47 Å². The lowest BCUT2D eigenvalue weighted by Gasteiger charge is -2.08. The summed E-state index contributed by atoms with van der Waals surface area (Å²) in [6, 6.07) is 13.4. The zero-order chi connectivity index (χ0) is 14.4. The van der Waals surface area contributed by atoms with Crippen LogP contribution in [0.15, 0.2) is 48.5 Å². The van der Waals surface area contributed by atoms with Crippen molar-refractivity contribution in [1.29, 1.82) is 0 Å². The third kappa shape index (κ3) is 3.86. The number of nitrogens with zero attached hydrogens (tertiary/aromatic N) is 1. The Hall–Kier alpha value is -2.27. The Bertz CT molecular complexity index is 589. The molecule has 6 heteroatoms. The fourth-order valence-corrected chi connectivity index (χ4v) is 1.74. The lowest BCUT2D eigenvalue weighted by molar-refractivity contribution is -0.385. The first-order chi connectivity index (χ1) is 9.66. The highest BCUT2D eigenvalue weighted by atomic mass is 35.5. The molecule has 0 saturated heterocycles. The van der Waals surface area contributed by atoms with Gasteiger partial charge in [0.25, 0.3) is 0 Å². The molecule has 0 spiro atoms. The molecule has 0 aliphatic heterocycles. The van der Waals surface area contributed by atoms with Crippen LogP contribution in [-0.2, 0) is 0 Å². The smallest absolute Gasteiger partial charge is 0.311 e. The first-order valence-electron chi connectivity index (χ1n) is 5.91. The molecule has 0 saturated carbocycles. The van der Waals surface area contributed by atoms with Crippen LogP contribution in [0.2, 0.25) is 5.02 Å². The van der Waals surface area contributed by atoms with Crippen LogP contribution in [0.3, 0.4) is 0 Å². The van der Waals surface area contributed by atoms with E-state index in [2.05, 4.69) is 0 Å². The zero-order valence-electron chi connectivity index (χ0n) is 10.5. The second-order valence-corrected chi connectivity index (χ2v) is 4.32. The molecule has 0 radical (unpaired) electrons. The maximum absolute atomic E-state index is 10.8. The molecule has 0 bridgehead atoms. The molecule has 0 aliphatic carbocycles. The van der Waals surface area contributed by atoms with Gasteiger partial charge in [-0.1, -0.05) is 29.8 Å². The summed E-state index contributed by atoms with van der Waals surface area (Å²) in [4.78, 5) is 10.3. The summed E-state index contributed by atoms with van der Waals surface area (Å²) in [5.41, 5.74) is -0.117. The topological polar surface area (TPSA) is 61.6 Å². The van der Waals surface area contributed by atoms with Gasteiger partial charge in [0.1, 0.15) is 19.0 Å². The Morgan fingerprint density at radius 2 is 1.75 bits per heavy atom. The maximum atomic E-state index is 10.8. The lowest BCUT2D eigenvalue weighted by Crippen LogP contribution is -2.09. The monoisotopic (exact) mass is 293 g/mol. The zero-order valence-corrected chi connectivity index (χ0v) is 11.2. The molecule has 0 fully saturated rings. The molecule has 20 heavy (non-hydrogen) atoms. The third-order valence-electron chi connectivity index (χ3n) is 2.47. The van der Waals surface area contributed by atoms with Gasteiger partial charge in [-0.15, -0.1) is 0 Å². The summed E-state index contributed by atoms with van der Waals surface area (Å²) in [7, 11) is 0. The summed E-state index contributed by atoms with van der Waals surface area (Å²) in [6.07, 6.45) is 0. The highest BCUT2D eigenvalue weighted by Crippen LogP contribution is 2.29. The van der Waals surface area contributed by atoms with Crippen LogP contribution in [0.1, 0.15) is 0 Å². The van der Waals surface area contributed by atoms with E-state index in [9.17, 15) is 10.1 Å². The average molecular weight is 294 g/mol. The molecule has 0 aromatic heterocycles. The Morgan fingerprint density at radius 3 is 2.45 bits per heavy atom. The van der Waals surface area contributed by atoms with E-state index in [4.69, 9.17) is 21.1 Å². The van der Waals surface area contributed by atoms with E-state index in [-0.39, 0.29) is 24.7 Å². The quantitative estimate of drug-likeness (QED) is 0.463. The Morgan fingerprint density at radius 1 is 1.05 bits per heavy atom. The molecule has 0 heterocycles. The Balaban J connectivity index is 1.91. The maximum Gasteiger partial charge on any atom is 0.311 e. The fraction of sp³-hybridized carbons (Fsp3) is 0.143. The van der Waals surface area contributed by atoms with Gasteiger partial charge in [-0.05, 0) is 18.2 Å². The van der Waals surface area contributed by atoms with Crippen molar-refractivity contribution in [2.45, 2.75) is 0 Å². The highest BCUT2D eigenvalue weighted by Gasteiger charge is 2.15. The average Bonchev–Trinajstić information content (AvgIpc) is 2.44. The van der Waals surface area contributed by atoms with Crippen molar-refractivity contribution in [3.05, 3.63) is 63.7 Å². The van der Waals surface area contributed by atoms with E-state index in [0.717, 1.165) is 5.75 Å². The SMILES string of the molecule is O=[N+]([O-])c1ccc(Cl)cc1OCCOc1ccccc1. The number of rotatable bonds is 6. The fourth-order valence-electron chi connectivity index (χ4n) is 1.58. The van der Waals surface area contributed by atoms with Crippen LogP contribution in [0, 0.1) is 10.1 Å². The molecule has 2 aromatic carbocycles. The minimum absolute atomic E-state index is 0.117. The minimum atomic E-state index is -0.510. The van der Waals surface area contributed by atoms with Crippen molar-refractivity contribution in [3.8, 4) is 11.5 Å². The number of hydrogen-bond acceptors (Lipinski definition) is 4. The van der Waals surface area contributed by atoms with Gasteiger partial charge in [0.05, 0.1) is 4.92 Å². The largest absolute Gasteiger partial charge is 0.490 e. The minimum Gasteiger partial charge on any atom is -0.490 e. The van der Waals surface area contributed by atoms with Crippen LogP contribution >= 0.6 is 11.6 Å². The molecule has 2 rings (SSSR count). The van der Waals surface area contributed by atoms with Crippen molar-refractivity contribution in [2.24, 2.45) is 0 Å². The molecular weight excluding hydrogens is 282 g/mol. The van der Waals surface area contributed by atoms with Crippen LogP contribution in [-0.4, -0.2) is 18.1 Å². The number of nitro benzene ring substituents is 1.